The Labute approximate surface area is 100 Å². The molecule has 86 valence electrons. The molecule has 3 heteroatoms. The fourth-order valence-corrected chi connectivity index (χ4v) is 1.65. The quantitative estimate of drug-likeness (QED) is 0.593. The summed E-state index contributed by atoms with van der Waals surface area (Å²) in [5.74, 6) is 2.82. The molecule has 1 aromatic heterocycles. The van der Waals surface area contributed by atoms with E-state index in [2.05, 4.69) is 5.92 Å². The molecule has 0 saturated heterocycles. The van der Waals surface area contributed by atoms with Gasteiger partial charge in [0, 0.05) is 5.39 Å². The van der Waals surface area contributed by atoms with Gasteiger partial charge in [0.15, 0.2) is 5.76 Å². The first-order valence-corrected chi connectivity index (χ1v) is 5.34. The van der Waals surface area contributed by atoms with E-state index in [9.17, 15) is 4.79 Å². The number of carbonyl (C=O) groups excluding carboxylic acids is 1. The third kappa shape index (κ3) is 2.55. The number of hydrogen-bond acceptors (Lipinski definition) is 3. The summed E-state index contributed by atoms with van der Waals surface area (Å²) in [7, 11) is 1.81. The van der Waals surface area contributed by atoms with E-state index in [-0.39, 0.29) is 12.3 Å². The Balaban J connectivity index is 2.17. The Morgan fingerprint density at radius 2 is 2.24 bits per heavy atom. The van der Waals surface area contributed by atoms with Crippen molar-refractivity contribution in [2.24, 2.45) is 0 Å². The highest BCUT2D eigenvalue weighted by Crippen LogP contribution is 2.19. The molecule has 1 heterocycles. The van der Waals surface area contributed by atoms with Crippen molar-refractivity contribution in [3.05, 3.63) is 36.1 Å². The first kappa shape index (κ1) is 11.4. The number of rotatable bonds is 4. The molecular formula is C14H13NO2. The fraction of sp³-hybridized carbons (Fsp3) is 0.214. The Bertz CT molecular complexity index is 544. The smallest absolute Gasteiger partial charge is 0.211 e. The molecule has 2 rings (SSSR count). The molecule has 3 nitrogen and oxygen atoms in total. The van der Waals surface area contributed by atoms with E-state index in [1.165, 1.54) is 0 Å². The van der Waals surface area contributed by atoms with Gasteiger partial charge in [-0.05, 0) is 19.2 Å². The van der Waals surface area contributed by atoms with Crippen molar-refractivity contribution in [1.82, 2.24) is 4.90 Å². The molecule has 0 fully saturated rings. The van der Waals surface area contributed by atoms with Crippen LogP contribution < -0.4 is 0 Å². The largest absolute Gasteiger partial charge is 0.453 e. The summed E-state index contributed by atoms with van der Waals surface area (Å²) in [6.07, 6.45) is 5.18. The normalized spacial score (nSPS) is 10.6. The van der Waals surface area contributed by atoms with Crippen LogP contribution in [0.2, 0.25) is 0 Å². The molecule has 1 aromatic carbocycles. The van der Waals surface area contributed by atoms with Gasteiger partial charge in [0.25, 0.3) is 0 Å². The Morgan fingerprint density at radius 1 is 1.47 bits per heavy atom. The zero-order chi connectivity index (χ0) is 12.3. The Morgan fingerprint density at radius 3 is 2.94 bits per heavy atom. The highest BCUT2D eigenvalue weighted by molar-refractivity contribution is 5.98. The fourth-order valence-electron chi connectivity index (χ4n) is 1.65. The lowest BCUT2D eigenvalue weighted by Gasteiger charge is -2.10. The lowest BCUT2D eigenvalue weighted by Crippen LogP contribution is -2.26. The molecule has 0 aliphatic heterocycles. The molecule has 0 atom stereocenters. The summed E-state index contributed by atoms with van der Waals surface area (Å²) in [5, 5.41) is 0.940. The van der Waals surface area contributed by atoms with E-state index in [1.54, 1.807) is 18.0 Å². The van der Waals surface area contributed by atoms with Crippen LogP contribution in [0, 0.1) is 12.3 Å². The summed E-state index contributed by atoms with van der Waals surface area (Å²) < 4.78 is 5.48. The average molecular weight is 227 g/mol. The van der Waals surface area contributed by atoms with E-state index in [4.69, 9.17) is 10.8 Å². The number of furan rings is 1. The molecule has 0 N–H and O–H groups in total. The summed E-state index contributed by atoms with van der Waals surface area (Å²) in [6, 6.07) is 9.32. The maximum absolute atomic E-state index is 11.9. The van der Waals surface area contributed by atoms with E-state index >= 15 is 0 Å². The van der Waals surface area contributed by atoms with Crippen molar-refractivity contribution < 1.29 is 9.21 Å². The number of carbonyl (C=O) groups is 1. The molecule has 0 unspecified atom stereocenters. The van der Waals surface area contributed by atoms with Crippen LogP contribution in [-0.4, -0.2) is 30.8 Å². The van der Waals surface area contributed by atoms with Gasteiger partial charge in [-0.1, -0.05) is 24.1 Å². The summed E-state index contributed by atoms with van der Waals surface area (Å²) in [5.41, 5.74) is 0.732. The van der Waals surface area contributed by atoms with Gasteiger partial charge in [-0.25, -0.2) is 0 Å². The number of hydrogen-bond donors (Lipinski definition) is 0. The van der Waals surface area contributed by atoms with Crippen LogP contribution in [0.3, 0.4) is 0 Å². The molecule has 0 radical (unpaired) electrons. The van der Waals surface area contributed by atoms with Crippen molar-refractivity contribution in [2.75, 3.05) is 20.1 Å². The highest BCUT2D eigenvalue weighted by Gasteiger charge is 2.13. The average Bonchev–Trinajstić information content (AvgIpc) is 2.72. The minimum Gasteiger partial charge on any atom is -0.453 e. The van der Waals surface area contributed by atoms with E-state index in [0.717, 1.165) is 11.0 Å². The van der Waals surface area contributed by atoms with Gasteiger partial charge in [-0.2, -0.15) is 0 Å². The Hall–Kier alpha value is -2.05. The van der Waals surface area contributed by atoms with Gasteiger partial charge < -0.3 is 4.42 Å². The molecule has 17 heavy (non-hydrogen) atoms. The third-order valence-corrected chi connectivity index (χ3v) is 2.48. The molecule has 2 aromatic rings. The number of nitrogens with zero attached hydrogens (tertiary/aromatic N) is 1. The van der Waals surface area contributed by atoms with Gasteiger partial charge in [0.05, 0.1) is 13.1 Å². The van der Waals surface area contributed by atoms with Crippen LogP contribution in [0.25, 0.3) is 11.0 Å². The third-order valence-electron chi connectivity index (χ3n) is 2.48. The van der Waals surface area contributed by atoms with Crippen molar-refractivity contribution in [2.45, 2.75) is 0 Å². The number of likely N-dealkylation sites (N-methyl/N-ethyl adjacent to an activating group) is 1. The van der Waals surface area contributed by atoms with Crippen molar-refractivity contribution in [3.8, 4) is 12.3 Å². The van der Waals surface area contributed by atoms with Gasteiger partial charge in [0.2, 0.25) is 5.78 Å². The van der Waals surface area contributed by atoms with Gasteiger partial charge in [0.1, 0.15) is 5.58 Å². The SMILES string of the molecule is C#CCN(C)CC(=O)c1cc2ccccc2o1. The topological polar surface area (TPSA) is 33.5 Å². The van der Waals surface area contributed by atoms with Gasteiger partial charge in [-0.15, -0.1) is 6.42 Å². The number of fused-ring (bicyclic) bond motifs is 1. The molecule has 0 amide bonds. The molecule has 0 saturated carbocycles. The molecule has 0 aliphatic carbocycles. The summed E-state index contributed by atoms with van der Waals surface area (Å²) >= 11 is 0. The van der Waals surface area contributed by atoms with Gasteiger partial charge in [-0.3, -0.25) is 9.69 Å². The Kier molecular flexibility index (Phi) is 3.27. The van der Waals surface area contributed by atoms with Crippen LogP contribution in [0.15, 0.2) is 34.7 Å². The molecule has 0 spiro atoms. The maximum Gasteiger partial charge on any atom is 0.211 e. The summed E-state index contributed by atoms with van der Waals surface area (Å²) in [6.45, 7) is 0.718. The van der Waals surface area contributed by atoms with Gasteiger partial charge >= 0.3 is 0 Å². The van der Waals surface area contributed by atoms with E-state index < -0.39 is 0 Å². The predicted octanol–water partition coefficient (Wildman–Crippen LogP) is 2.18. The van der Waals surface area contributed by atoms with Crippen molar-refractivity contribution in [3.63, 3.8) is 0 Å². The lowest BCUT2D eigenvalue weighted by molar-refractivity contribution is 0.0927. The maximum atomic E-state index is 11.9. The van der Waals surface area contributed by atoms with E-state index in [0.29, 0.717) is 12.3 Å². The van der Waals surface area contributed by atoms with Crippen LogP contribution >= 0.6 is 0 Å². The van der Waals surface area contributed by atoms with Crippen molar-refractivity contribution >= 4 is 16.8 Å². The zero-order valence-corrected chi connectivity index (χ0v) is 9.64. The van der Waals surface area contributed by atoms with Crippen LogP contribution in [0.5, 0.6) is 0 Å². The number of para-hydroxylation sites is 1. The number of ketones is 1. The molecule has 0 bridgehead atoms. The predicted molar refractivity (Wildman–Crippen MR) is 66.9 cm³/mol. The minimum absolute atomic E-state index is 0.0565. The van der Waals surface area contributed by atoms with Crippen LogP contribution in [0.1, 0.15) is 10.6 Å². The second kappa shape index (κ2) is 4.86. The number of benzene rings is 1. The number of Topliss-reactive ketones (excluding diaryl/α,β-unsaturated/α-hetero) is 1. The summed E-state index contributed by atoms with van der Waals surface area (Å²) in [4.78, 5) is 13.7. The second-order valence-corrected chi connectivity index (χ2v) is 3.95. The first-order chi connectivity index (χ1) is 8.20. The molecular weight excluding hydrogens is 214 g/mol. The monoisotopic (exact) mass is 227 g/mol. The zero-order valence-electron chi connectivity index (χ0n) is 9.64. The lowest BCUT2D eigenvalue weighted by atomic mass is 10.2. The van der Waals surface area contributed by atoms with E-state index in [1.807, 2.05) is 24.3 Å². The standard InChI is InChI=1S/C14H13NO2/c1-3-8-15(2)10-12(16)14-9-11-6-4-5-7-13(11)17-14/h1,4-7,9H,8,10H2,2H3. The van der Waals surface area contributed by atoms with Crippen molar-refractivity contribution in [1.29, 1.82) is 0 Å². The first-order valence-electron chi connectivity index (χ1n) is 5.34. The van der Waals surface area contributed by atoms with Crippen LogP contribution in [-0.2, 0) is 0 Å². The number of terminal acetylenes is 1. The minimum atomic E-state index is -0.0565. The second-order valence-electron chi connectivity index (χ2n) is 3.95. The van der Waals surface area contributed by atoms with Crippen LogP contribution in [0.4, 0.5) is 0 Å². The highest BCUT2D eigenvalue weighted by atomic mass is 16.3. The molecule has 0 aliphatic rings.